The van der Waals surface area contributed by atoms with Crippen molar-refractivity contribution < 1.29 is 9.72 Å². The van der Waals surface area contributed by atoms with Gasteiger partial charge in [0.05, 0.1) is 17.7 Å². The van der Waals surface area contributed by atoms with Gasteiger partial charge in [-0.25, -0.2) is 0 Å². The first kappa shape index (κ1) is 16.6. The van der Waals surface area contributed by atoms with Crippen molar-refractivity contribution in [3.05, 3.63) is 51.8 Å². The number of nitro benzene ring substituents is 1. The molecule has 0 unspecified atom stereocenters. The molecule has 0 atom stereocenters. The summed E-state index contributed by atoms with van der Waals surface area (Å²) in [6.45, 7) is 2.66. The second-order valence-corrected chi connectivity index (χ2v) is 5.37. The fourth-order valence-corrected chi connectivity index (χ4v) is 2.22. The summed E-state index contributed by atoms with van der Waals surface area (Å²) in [6, 6.07) is 6.08. The van der Waals surface area contributed by atoms with Gasteiger partial charge in [0.1, 0.15) is 5.69 Å². The molecule has 0 spiro atoms. The summed E-state index contributed by atoms with van der Waals surface area (Å²) in [4.78, 5) is 24.3. The fourth-order valence-electron chi connectivity index (χ4n) is 2.22. The third kappa shape index (κ3) is 4.13. The third-order valence-electron chi connectivity index (χ3n) is 3.57. The highest BCUT2D eigenvalue weighted by Gasteiger charge is 2.16. The molecule has 1 aromatic carbocycles. The van der Waals surface area contributed by atoms with E-state index >= 15 is 0 Å². The third-order valence-corrected chi connectivity index (χ3v) is 3.57. The van der Waals surface area contributed by atoms with Crippen molar-refractivity contribution in [3.8, 4) is 0 Å². The molecule has 1 heterocycles. The minimum Gasteiger partial charge on any atom is -0.319 e. The topological polar surface area (TPSA) is 93.3 Å². The number of rotatable bonds is 6. The zero-order chi connectivity index (χ0) is 17.0. The molecule has 2 rings (SSSR count). The van der Waals surface area contributed by atoms with Crippen LogP contribution in [0.25, 0.3) is 0 Å². The Hall–Kier alpha value is -2.74. The van der Waals surface area contributed by atoms with Gasteiger partial charge < -0.3 is 5.32 Å². The average Bonchev–Trinajstić information content (AvgIpc) is 2.79. The van der Waals surface area contributed by atoms with Crippen molar-refractivity contribution >= 4 is 17.3 Å². The van der Waals surface area contributed by atoms with Gasteiger partial charge in [0.25, 0.3) is 5.69 Å². The lowest BCUT2D eigenvalue weighted by atomic mass is 10.2. The second-order valence-electron chi connectivity index (χ2n) is 5.37. The minimum atomic E-state index is -0.516. The van der Waals surface area contributed by atoms with Gasteiger partial charge in [-0.05, 0) is 20.0 Å². The Labute approximate surface area is 133 Å². The molecule has 0 aliphatic rings. The molecule has 1 aromatic heterocycles. The average molecular weight is 317 g/mol. The van der Waals surface area contributed by atoms with E-state index in [1.165, 1.54) is 12.1 Å². The highest BCUT2D eigenvalue weighted by molar-refractivity contribution is 5.94. The lowest BCUT2D eigenvalue weighted by Crippen LogP contribution is -2.30. The summed E-state index contributed by atoms with van der Waals surface area (Å²) in [5.74, 6) is -0.302. The summed E-state index contributed by atoms with van der Waals surface area (Å²) >= 11 is 0. The maximum Gasteiger partial charge on any atom is 0.292 e. The zero-order valence-electron chi connectivity index (χ0n) is 13.3. The quantitative estimate of drug-likeness (QED) is 0.646. The number of nitro groups is 1. The molecule has 122 valence electrons. The molecule has 0 saturated heterocycles. The normalized spacial score (nSPS) is 10.8. The van der Waals surface area contributed by atoms with Crippen LogP contribution in [0.2, 0.25) is 0 Å². The van der Waals surface area contributed by atoms with E-state index in [4.69, 9.17) is 0 Å². The van der Waals surface area contributed by atoms with Crippen molar-refractivity contribution in [3.63, 3.8) is 0 Å². The summed E-state index contributed by atoms with van der Waals surface area (Å²) in [5.41, 5.74) is 2.16. The van der Waals surface area contributed by atoms with E-state index < -0.39 is 4.92 Å². The maximum atomic E-state index is 12.1. The number of aryl methyl sites for hydroxylation is 1. The number of para-hydroxylation sites is 2. The van der Waals surface area contributed by atoms with E-state index in [1.807, 2.05) is 25.9 Å². The van der Waals surface area contributed by atoms with Crippen molar-refractivity contribution in [1.82, 2.24) is 14.7 Å². The van der Waals surface area contributed by atoms with Crippen LogP contribution in [0.15, 0.2) is 30.5 Å². The summed E-state index contributed by atoms with van der Waals surface area (Å²) in [6.07, 6.45) is 1.77. The molecule has 1 N–H and O–H groups in total. The number of hydrogen-bond acceptors (Lipinski definition) is 5. The Morgan fingerprint density at radius 3 is 2.74 bits per heavy atom. The van der Waals surface area contributed by atoms with Crippen LogP contribution >= 0.6 is 0 Å². The molecule has 0 aliphatic carbocycles. The van der Waals surface area contributed by atoms with Gasteiger partial charge in [0, 0.05) is 30.9 Å². The maximum absolute atomic E-state index is 12.1. The van der Waals surface area contributed by atoms with E-state index in [0.717, 1.165) is 11.3 Å². The van der Waals surface area contributed by atoms with Crippen LogP contribution in [-0.4, -0.2) is 39.1 Å². The number of nitrogens with zero attached hydrogens (tertiary/aromatic N) is 4. The predicted molar refractivity (Wildman–Crippen MR) is 86.0 cm³/mol. The highest BCUT2D eigenvalue weighted by atomic mass is 16.6. The molecule has 0 bridgehead atoms. The van der Waals surface area contributed by atoms with E-state index in [2.05, 4.69) is 10.4 Å². The summed E-state index contributed by atoms with van der Waals surface area (Å²) in [7, 11) is 3.67. The van der Waals surface area contributed by atoms with Crippen LogP contribution in [-0.2, 0) is 18.4 Å². The number of likely N-dealkylation sites (N-methyl/N-ethyl adjacent to an activating group) is 1. The van der Waals surface area contributed by atoms with Crippen LogP contribution in [0.1, 0.15) is 11.3 Å². The van der Waals surface area contributed by atoms with E-state index in [0.29, 0.717) is 6.54 Å². The number of hydrogen-bond donors (Lipinski definition) is 1. The molecule has 0 radical (unpaired) electrons. The smallest absolute Gasteiger partial charge is 0.292 e. The van der Waals surface area contributed by atoms with Gasteiger partial charge in [-0.1, -0.05) is 12.1 Å². The second kappa shape index (κ2) is 7.01. The van der Waals surface area contributed by atoms with Crippen LogP contribution < -0.4 is 5.32 Å². The van der Waals surface area contributed by atoms with Gasteiger partial charge in [0.2, 0.25) is 5.91 Å². The van der Waals surface area contributed by atoms with Crippen molar-refractivity contribution in [2.24, 2.45) is 7.05 Å². The molecule has 0 fully saturated rings. The molecule has 0 saturated carbocycles. The van der Waals surface area contributed by atoms with Gasteiger partial charge in [0.15, 0.2) is 0 Å². The Morgan fingerprint density at radius 1 is 1.43 bits per heavy atom. The molecule has 2 aromatic rings. The Kier molecular flexibility index (Phi) is 5.07. The van der Waals surface area contributed by atoms with Crippen LogP contribution in [0.3, 0.4) is 0 Å². The molecule has 1 amide bonds. The summed E-state index contributed by atoms with van der Waals surface area (Å²) < 4.78 is 1.77. The number of aromatic nitrogens is 2. The molecular formula is C15H19N5O3. The van der Waals surface area contributed by atoms with E-state index in [-0.39, 0.29) is 23.8 Å². The molecule has 23 heavy (non-hydrogen) atoms. The Balaban J connectivity index is 1.97. The van der Waals surface area contributed by atoms with E-state index in [9.17, 15) is 14.9 Å². The van der Waals surface area contributed by atoms with Gasteiger partial charge in [-0.3, -0.25) is 24.5 Å². The molecule has 8 heteroatoms. The van der Waals surface area contributed by atoms with Crippen LogP contribution in [0.5, 0.6) is 0 Å². The van der Waals surface area contributed by atoms with Gasteiger partial charge in [-0.2, -0.15) is 5.10 Å². The summed E-state index contributed by atoms with van der Waals surface area (Å²) in [5, 5.41) is 17.7. The van der Waals surface area contributed by atoms with E-state index in [1.54, 1.807) is 23.0 Å². The first-order valence-corrected chi connectivity index (χ1v) is 7.07. The molecule has 0 aliphatic heterocycles. The number of carbonyl (C=O) groups excluding carboxylic acids is 1. The standard InChI is InChI=1S/C15H19N5O3/c1-11-12(8-16-19(11)3)9-18(2)10-15(21)17-13-6-4-5-7-14(13)20(22)23/h4-8H,9-10H2,1-3H3,(H,17,21). The first-order valence-electron chi connectivity index (χ1n) is 7.07. The number of anilines is 1. The SMILES string of the molecule is Cc1c(CN(C)CC(=O)Nc2ccccc2[N+](=O)[O-])cnn1C. The highest BCUT2D eigenvalue weighted by Crippen LogP contribution is 2.23. The minimum absolute atomic E-state index is 0.119. The van der Waals surface area contributed by atoms with Gasteiger partial charge >= 0.3 is 0 Å². The van der Waals surface area contributed by atoms with Crippen molar-refractivity contribution in [1.29, 1.82) is 0 Å². The predicted octanol–water partition coefficient (Wildman–Crippen LogP) is 1.71. The number of benzene rings is 1. The van der Waals surface area contributed by atoms with Crippen LogP contribution in [0, 0.1) is 17.0 Å². The Bertz CT molecular complexity index is 726. The lowest BCUT2D eigenvalue weighted by molar-refractivity contribution is -0.383. The molecular weight excluding hydrogens is 298 g/mol. The number of carbonyl (C=O) groups is 1. The monoisotopic (exact) mass is 317 g/mol. The fraction of sp³-hybridized carbons (Fsp3) is 0.333. The Morgan fingerprint density at radius 2 is 2.13 bits per heavy atom. The van der Waals surface area contributed by atoms with Crippen molar-refractivity contribution in [2.75, 3.05) is 18.9 Å². The van der Waals surface area contributed by atoms with Crippen LogP contribution in [0.4, 0.5) is 11.4 Å². The lowest BCUT2D eigenvalue weighted by Gasteiger charge is -2.16. The first-order chi connectivity index (χ1) is 10.9. The zero-order valence-corrected chi connectivity index (χ0v) is 13.3. The number of amides is 1. The number of nitrogens with one attached hydrogen (secondary N) is 1. The molecule has 8 nitrogen and oxygen atoms in total. The largest absolute Gasteiger partial charge is 0.319 e. The van der Waals surface area contributed by atoms with Gasteiger partial charge in [-0.15, -0.1) is 0 Å². The van der Waals surface area contributed by atoms with Crippen molar-refractivity contribution in [2.45, 2.75) is 13.5 Å².